The molecule has 0 bridgehead atoms. The van der Waals surface area contributed by atoms with Crippen LogP contribution in [0.25, 0.3) is 0 Å². The fourth-order valence-electron chi connectivity index (χ4n) is 2.79. The highest BCUT2D eigenvalue weighted by atomic mass is 32.1. The predicted octanol–water partition coefficient (Wildman–Crippen LogP) is 1.13. The van der Waals surface area contributed by atoms with Gasteiger partial charge in [-0.1, -0.05) is 25.1 Å². The van der Waals surface area contributed by atoms with E-state index in [0.717, 1.165) is 32.1 Å². The van der Waals surface area contributed by atoms with Crippen LogP contribution in [0.1, 0.15) is 39.0 Å². The third-order valence-corrected chi connectivity index (χ3v) is 4.45. The maximum absolute atomic E-state index is 12.4. The molecule has 0 radical (unpaired) electrons. The molecule has 1 saturated carbocycles. The molecule has 2 rings (SSSR count). The lowest BCUT2D eigenvalue weighted by Crippen LogP contribution is -2.51. The molecule has 1 aliphatic carbocycles. The van der Waals surface area contributed by atoms with Crippen LogP contribution in [0, 0.1) is 5.41 Å². The van der Waals surface area contributed by atoms with E-state index in [2.05, 4.69) is 5.32 Å². The highest BCUT2D eigenvalue weighted by Crippen LogP contribution is 2.39. The molecule has 1 saturated heterocycles. The number of thiocarbonyl (C=S) groups is 1. The van der Waals surface area contributed by atoms with Crippen molar-refractivity contribution in [3.05, 3.63) is 0 Å². The first-order chi connectivity index (χ1) is 8.06. The van der Waals surface area contributed by atoms with Crippen molar-refractivity contribution < 1.29 is 9.53 Å². The molecule has 0 spiro atoms. The lowest BCUT2D eigenvalue weighted by atomic mass is 9.84. The highest BCUT2D eigenvalue weighted by Gasteiger charge is 2.45. The van der Waals surface area contributed by atoms with Crippen LogP contribution in [0.5, 0.6) is 0 Å². The molecule has 96 valence electrons. The van der Waals surface area contributed by atoms with E-state index in [-0.39, 0.29) is 18.1 Å². The molecule has 2 unspecified atom stereocenters. The number of amides is 1. The minimum absolute atomic E-state index is 0.00449. The predicted molar refractivity (Wildman–Crippen MR) is 69.6 cm³/mol. The first kappa shape index (κ1) is 12.8. The van der Waals surface area contributed by atoms with E-state index >= 15 is 0 Å². The summed E-state index contributed by atoms with van der Waals surface area (Å²) in [6.07, 6.45) is 4.60. The number of carbonyl (C=O) groups is 1. The number of nitrogens with one attached hydrogen (secondary N) is 1. The maximum atomic E-state index is 12.4. The first-order valence-corrected chi connectivity index (χ1v) is 6.69. The Balaban J connectivity index is 2.05. The van der Waals surface area contributed by atoms with Gasteiger partial charge in [-0.25, -0.2) is 0 Å². The zero-order chi connectivity index (χ0) is 12.5. The normalized spacial score (nSPS) is 31.4. The quantitative estimate of drug-likeness (QED) is 0.743. The van der Waals surface area contributed by atoms with Gasteiger partial charge in [-0.15, -0.1) is 0 Å². The molecule has 17 heavy (non-hydrogen) atoms. The molecule has 3 N–H and O–H groups in total. The van der Waals surface area contributed by atoms with Crippen molar-refractivity contribution in [2.75, 3.05) is 6.61 Å². The van der Waals surface area contributed by atoms with Crippen LogP contribution >= 0.6 is 12.2 Å². The summed E-state index contributed by atoms with van der Waals surface area (Å²) in [5, 5.41) is 3.06. The fourth-order valence-corrected chi connectivity index (χ4v) is 3.09. The van der Waals surface area contributed by atoms with E-state index in [1.807, 2.05) is 6.92 Å². The van der Waals surface area contributed by atoms with Gasteiger partial charge in [-0.05, 0) is 26.2 Å². The number of hydrogen-bond donors (Lipinski definition) is 2. The van der Waals surface area contributed by atoms with Crippen molar-refractivity contribution in [3.8, 4) is 0 Å². The van der Waals surface area contributed by atoms with Gasteiger partial charge in [-0.2, -0.15) is 0 Å². The molecule has 0 aromatic carbocycles. The van der Waals surface area contributed by atoms with Crippen LogP contribution in [-0.4, -0.2) is 29.6 Å². The molecule has 2 fully saturated rings. The minimum atomic E-state index is -0.600. The summed E-state index contributed by atoms with van der Waals surface area (Å²) >= 11 is 5.10. The Labute approximate surface area is 107 Å². The third-order valence-electron chi connectivity index (χ3n) is 4.06. The first-order valence-electron chi connectivity index (χ1n) is 6.29. The third kappa shape index (κ3) is 2.31. The van der Waals surface area contributed by atoms with Gasteiger partial charge in [0.25, 0.3) is 0 Å². The van der Waals surface area contributed by atoms with E-state index in [0.29, 0.717) is 11.6 Å². The van der Waals surface area contributed by atoms with Gasteiger partial charge in [-0.3, -0.25) is 4.79 Å². The average Bonchev–Trinajstić information content (AvgIpc) is 2.89. The minimum Gasteiger partial charge on any atom is -0.392 e. The number of nitrogens with two attached hydrogens (primary N) is 1. The molecule has 1 aliphatic heterocycles. The molecule has 4 nitrogen and oxygen atoms in total. The van der Waals surface area contributed by atoms with E-state index in [1.165, 1.54) is 0 Å². The zero-order valence-corrected chi connectivity index (χ0v) is 11.0. The summed E-state index contributed by atoms with van der Waals surface area (Å²) < 4.78 is 5.44. The second-order valence-corrected chi connectivity index (χ2v) is 5.54. The molecule has 0 aromatic heterocycles. The van der Waals surface area contributed by atoms with E-state index in [4.69, 9.17) is 22.7 Å². The van der Waals surface area contributed by atoms with Crippen LogP contribution in [0.15, 0.2) is 0 Å². The number of carbonyl (C=O) groups excluding carboxylic acids is 1. The molecule has 5 heteroatoms. The van der Waals surface area contributed by atoms with Gasteiger partial charge < -0.3 is 15.8 Å². The van der Waals surface area contributed by atoms with Crippen molar-refractivity contribution in [3.63, 3.8) is 0 Å². The molecule has 1 amide bonds. The number of rotatable bonds is 3. The summed E-state index contributed by atoms with van der Waals surface area (Å²) in [5.41, 5.74) is 5.18. The molecule has 2 aliphatic rings. The average molecular weight is 256 g/mol. The van der Waals surface area contributed by atoms with E-state index in [1.54, 1.807) is 0 Å². The molecule has 2 atom stereocenters. The van der Waals surface area contributed by atoms with Gasteiger partial charge in [0, 0.05) is 6.61 Å². The SMILES string of the molecule is CC1OCCC1NC(=O)C1(C(N)=S)CCCC1. The Morgan fingerprint density at radius 1 is 1.47 bits per heavy atom. The Kier molecular flexibility index (Phi) is 3.68. The van der Waals surface area contributed by atoms with Crippen LogP contribution in [0.3, 0.4) is 0 Å². The molecular formula is C12H20N2O2S. The Morgan fingerprint density at radius 3 is 2.59 bits per heavy atom. The standard InChI is InChI=1S/C12H20N2O2S/c1-8-9(4-7-16-8)14-11(15)12(10(13)17)5-2-3-6-12/h8-9H,2-7H2,1H3,(H2,13,17)(H,14,15). The number of hydrogen-bond acceptors (Lipinski definition) is 3. The Hall–Kier alpha value is -0.680. The van der Waals surface area contributed by atoms with E-state index in [9.17, 15) is 4.79 Å². The van der Waals surface area contributed by atoms with Crippen LogP contribution in [0.4, 0.5) is 0 Å². The zero-order valence-electron chi connectivity index (χ0n) is 10.2. The monoisotopic (exact) mass is 256 g/mol. The highest BCUT2D eigenvalue weighted by molar-refractivity contribution is 7.80. The molecule has 1 heterocycles. The van der Waals surface area contributed by atoms with Crippen molar-refractivity contribution in [2.45, 2.75) is 51.2 Å². The Morgan fingerprint density at radius 2 is 2.12 bits per heavy atom. The molecular weight excluding hydrogens is 236 g/mol. The second kappa shape index (κ2) is 4.90. The molecule has 0 aromatic rings. The summed E-state index contributed by atoms with van der Waals surface area (Å²) in [4.78, 5) is 12.7. The largest absolute Gasteiger partial charge is 0.392 e. The number of ether oxygens (including phenoxy) is 1. The van der Waals surface area contributed by atoms with Gasteiger partial charge in [0.1, 0.15) is 0 Å². The van der Waals surface area contributed by atoms with Crippen LogP contribution in [-0.2, 0) is 9.53 Å². The summed E-state index contributed by atoms with van der Waals surface area (Å²) in [7, 11) is 0. The van der Waals surface area contributed by atoms with Gasteiger partial charge in [0.15, 0.2) is 0 Å². The smallest absolute Gasteiger partial charge is 0.233 e. The van der Waals surface area contributed by atoms with Crippen LogP contribution < -0.4 is 11.1 Å². The van der Waals surface area contributed by atoms with Crippen molar-refractivity contribution >= 4 is 23.1 Å². The lowest BCUT2D eigenvalue weighted by molar-refractivity contribution is -0.128. The van der Waals surface area contributed by atoms with Crippen molar-refractivity contribution in [1.82, 2.24) is 5.32 Å². The summed E-state index contributed by atoms with van der Waals surface area (Å²) in [6.45, 7) is 2.70. The fraction of sp³-hybridized carbons (Fsp3) is 0.833. The van der Waals surface area contributed by atoms with Crippen LogP contribution in [0.2, 0.25) is 0 Å². The topological polar surface area (TPSA) is 64.3 Å². The summed E-state index contributed by atoms with van der Waals surface area (Å²) in [6, 6.07) is 0.106. The maximum Gasteiger partial charge on any atom is 0.233 e. The lowest BCUT2D eigenvalue weighted by Gasteiger charge is -2.28. The van der Waals surface area contributed by atoms with Gasteiger partial charge in [0.05, 0.1) is 22.5 Å². The van der Waals surface area contributed by atoms with Crippen molar-refractivity contribution in [1.29, 1.82) is 0 Å². The van der Waals surface area contributed by atoms with Gasteiger partial charge >= 0.3 is 0 Å². The van der Waals surface area contributed by atoms with E-state index < -0.39 is 5.41 Å². The van der Waals surface area contributed by atoms with Crippen molar-refractivity contribution in [2.24, 2.45) is 11.1 Å². The van der Waals surface area contributed by atoms with Gasteiger partial charge in [0.2, 0.25) is 5.91 Å². The Bertz CT molecular complexity index is 326. The second-order valence-electron chi connectivity index (χ2n) is 5.10. The summed E-state index contributed by atoms with van der Waals surface area (Å²) in [5.74, 6) is 0.00449.